The molecule has 3 heteroatoms. The molecule has 3 aromatic rings. The number of allylic oxidation sites excluding steroid dienone is 1. The summed E-state index contributed by atoms with van der Waals surface area (Å²) in [6.45, 7) is 27.1. The average Bonchev–Trinajstić information content (AvgIpc) is 3.43. The van der Waals surface area contributed by atoms with E-state index in [0.29, 0.717) is 6.04 Å². The van der Waals surface area contributed by atoms with E-state index in [1.807, 2.05) is 47.7 Å². The Labute approximate surface area is 245 Å². The Kier molecular flexibility index (Phi) is 12.6. The van der Waals surface area contributed by atoms with Gasteiger partial charge in [0.15, 0.2) is 0 Å². The fourth-order valence-electron chi connectivity index (χ4n) is 6.13. The molecule has 1 aliphatic carbocycles. The van der Waals surface area contributed by atoms with Gasteiger partial charge < -0.3 is 5.73 Å². The van der Waals surface area contributed by atoms with Crippen molar-refractivity contribution < 1.29 is 0 Å². The van der Waals surface area contributed by atoms with E-state index in [1.54, 1.807) is 0 Å². The molecule has 218 valence electrons. The first-order valence-electron chi connectivity index (χ1n) is 15.6. The Morgan fingerprint density at radius 3 is 2.35 bits per heavy atom. The third kappa shape index (κ3) is 6.86. The molecule has 2 aromatic carbocycles. The van der Waals surface area contributed by atoms with Crippen LogP contribution in [0, 0.1) is 19.3 Å². The highest BCUT2D eigenvalue weighted by atomic mass is 15.2. The largest absolute Gasteiger partial charge is 0.398 e. The number of fused-ring (bicyclic) bond motifs is 2. The van der Waals surface area contributed by atoms with Crippen molar-refractivity contribution in [1.82, 2.24) is 9.88 Å². The molecule has 3 nitrogen and oxygen atoms in total. The van der Waals surface area contributed by atoms with Crippen molar-refractivity contribution >= 4 is 5.69 Å². The van der Waals surface area contributed by atoms with Crippen LogP contribution in [-0.2, 0) is 19.4 Å². The van der Waals surface area contributed by atoms with E-state index in [2.05, 4.69) is 92.7 Å². The second kappa shape index (κ2) is 15.2. The maximum absolute atomic E-state index is 6.49. The minimum atomic E-state index is -0.107. The standard InChI is InChI=1S/C31H37N3.3C2H6/c1-6-31(4,5)29(25-13-9-20(2)30(32)21(25)3)23-11-10-22-12-14-28(26(22)18-23)34-17-15-27-24(19-34)8-7-16-33-27;3*1-2/h6-11,13,16,18,28-29H,1,12,14-15,17,19,32H2,2-5H3;3*1-2H3. The van der Waals surface area contributed by atoms with Crippen LogP contribution in [-0.4, -0.2) is 16.4 Å². The molecule has 2 atom stereocenters. The second-order valence-electron chi connectivity index (χ2n) is 10.8. The number of anilines is 1. The lowest BCUT2D eigenvalue weighted by atomic mass is 9.69. The molecule has 0 spiro atoms. The van der Waals surface area contributed by atoms with E-state index in [1.165, 1.54) is 45.5 Å². The van der Waals surface area contributed by atoms with Crippen molar-refractivity contribution in [3.63, 3.8) is 0 Å². The molecule has 1 aliphatic heterocycles. The number of pyridine rings is 1. The van der Waals surface area contributed by atoms with Gasteiger partial charge in [-0.25, -0.2) is 0 Å². The zero-order chi connectivity index (χ0) is 30.0. The van der Waals surface area contributed by atoms with Gasteiger partial charge in [0.05, 0.1) is 0 Å². The van der Waals surface area contributed by atoms with Gasteiger partial charge in [0.25, 0.3) is 0 Å². The molecule has 1 aromatic heterocycles. The molecule has 0 saturated heterocycles. The van der Waals surface area contributed by atoms with E-state index in [4.69, 9.17) is 5.73 Å². The van der Waals surface area contributed by atoms with E-state index < -0.39 is 0 Å². The molecule has 0 bridgehead atoms. The molecular weight excluding hydrogens is 486 g/mol. The zero-order valence-electron chi connectivity index (χ0n) is 27.1. The first kappa shape index (κ1) is 33.3. The van der Waals surface area contributed by atoms with Crippen molar-refractivity contribution in [2.45, 2.75) is 107 Å². The van der Waals surface area contributed by atoms with Gasteiger partial charge in [-0.3, -0.25) is 9.88 Å². The molecule has 5 rings (SSSR count). The number of nitrogens with zero attached hydrogens (tertiary/aromatic N) is 2. The normalized spacial score (nSPS) is 16.5. The van der Waals surface area contributed by atoms with Crippen molar-refractivity contribution in [1.29, 1.82) is 0 Å². The first-order chi connectivity index (χ1) is 19.3. The van der Waals surface area contributed by atoms with E-state index in [-0.39, 0.29) is 11.3 Å². The Hall–Kier alpha value is -2.91. The predicted molar refractivity (Wildman–Crippen MR) is 176 cm³/mol. The molecule has 0 fully saturated rings. The minimum Gasteiger partial charge on any atom is -0.398 e. The lowest BCUT2D eigenvalue weighted by Gasteiger charge is -2.36. The lowest BCUT2D eigenvalue weighted by Crippen LogP contribution is -2.33. The Balaban J connectivity index is 0.000000876. The molecule has 0 saturated carbocycles. The van der Waals surface area contributed by atoms with Crippen LogP contribution < -0.4 is 5.73 Å². The molecule has 0 amide bonds. The molecule has 2 aliphatic rings. The number of benzene rings is 2. The van der Waals surface area contributed by atoms with Gasteiger partial charge >= 0.3 is 0 Å². The summed E-state index contributed by atoms with van der Waals surface area (Å²) in [6, 6.07) is 16.5. The van der Waals surface area contributed by atoms with E-state index in [0.717, 1.165) is 37.2 Å². The van der Waals surface area contributed by atoms with Gasteiger partial charge in [0.2, 0.25) is 0 Å². The van der Waals surface area contributed by atoms with Gasteiger partial charge in [-0.2, -0.15) is 0 Å². The molecular formula is C37H55N3. The van der Waals surface area contributed by atoms with Gasteiger partial charge in [0, 0.05) is 49.0 Å². The third-order valence-electron chi connectivity index (χ3n) is 8.34. The zero-order valence-corrected chi connectivity index (χ0v) is 27.1. The summed E-state index contributed by atoms with van der Waals surface area (Å²) >= 11 is 0. The van der Waals surface area contributed by atoms with Crippen LogP contribution in [0.25, 0.3) is 0 Å². The summed E-state index contributed by atoms with van der Waals surface area (Å²) in [6.07, 6.45) is 7.41. The molecule has 2 unspecified atom stereocenters. The number of hydrogen-bond donors (Lipinski definition) is 1. The van der Waals surface area contributed by atoms with Crippen LogP contribution in [0.1, 0.15) is 118 Å². The molecule has 2 N–H and O–H groups in total. The Morgan fingerprint density at radius 2 is 1.68 bits per heavy atom. The van der Waals surface area contributed by atoms with Gasteiger partial charge in [0.1, 0.15) is 0 Å². The lowest BCUT2D eigenvalue weighted by molar-refractivity contribution is 0.177. The number of nitrogens with two attached hydrogens (primary N) is 1. The average molecular weight is 542 g/mol. The molecule has 0 radical (unpaired) electrons. The molecule has 2 heterocycles. The van der Waals surface area contributed by atoms with Crippen LogP contribution >= 0.6 is 0 Å². The smallest absolute Gasteiger partial charge is 0.0461 e. The third-order valence-corrected chi connectivity index (χ3v) is 8.34. The van der Waals surface area contributed by atoms with Crippen LogP contribution in [0.15, 0.2) is 61.3 Å². The van der Waals surface area contributed by atoms with Gasteiger partial charge in [-0.05, 0) is 77.1 Å². The maximum atomic E-state index is 6.49. The fourth-order valence-corrected chi connectivity index (χ4v) is 6.13. The van der Waals surface area contributed by atoms with E-state index >= 15 is 0 Å². The van der Waals surface area contributed by atoms with Crippen molar-refractivity contribution in [2.24, 2.45) is 5.41 Å². The SMILES string of the molecule is C=CC(C)(C)C(c1ccc2c(c1)C(N1CCc3ncccc3C1)CC2)c1ccc(C)c(N)c1C.CC.CC.CC. The van der Waals surface area contributed by atoms with Crippen LogP contribution in [0.2, 0.25) is 0 Å². The van der Waals surface area contributed by atoms with Gasteiger partial charge in [-0.1, -0.05) is 97.9 Å². The highest BCUT2D eigenvalue weighted by Gasteiger charge is 2.35. The highest BCUT2D eigenvalue weighted by Crippen LogP contribution is 2.47. The topological polar surface area (TPSA) is 42.2 Å². The number of aromatic nitrogens is 1. The summed E-state index contributed by atoms with van der Waals surface area (Å²) in [7, 11) is 0. The predicted octanol–water partition coefficient (Wildman–Crippen LogP) is 9.75. The Morgan fingerprint density at radius 1 is 0.975 bits per heavy atom. The summed E-state index contributed by atoms with van der Waals surface area (Å²) in [5, 5.41) is 0. The number of nitrogen functional groups attached to an aromatic ring is 1. The summed E-state index contributed by atoms with van der Waals surface area (Å²) < 4.78 is 0. The van der Waals surface area contributed by atoms with Crippen molar-refractivity contribution in [3.05, 3.63) is 106 Å². The fraction of sp³-hybridized carbons (Fsp3) is 0.486. The maximum Gasteiger partial charge on any atom is 0.0461 e. The van der Waals surface area contributed by atoms with Gasteiger partial charge in [-0.15, -0.1) is 6.58 Å². The number of aryl methyl sites for hydroxylation is 2. The van der Waals surface area contributed by atoms with Crippen LogP contribution in [0.3, 0.4) is 0 Å². The quantitative estimate of drug-likeness (QED) is 0.258. The van der Waals surface area contributed by atoms with Crippen LogP contribution in [0.5, 0.6) is 0 Å². The number of rotatable bonds is 5. The second-order valence-corrected chi connectivity index (χ2v) is 10.8. The van der Waals surface area contributed by atoms with E-state index in [9.17, 15) is 0 Å². The summed E-state index contributed by atoms with van der Waals surface area (Å²) in [5.41, 5.74) is 18.0. The number of hydrogen-bond acceptors (Lipinski definition) is 3. The minimum absolute atomic E-state index is 0.107. The monoisotopic (exact) mass is 541 g/mol. The highest BCUT2D eigenvalue weighted by molar-refractivity contribution is 5.59. The van der Waals surface area contributed by atoms with Crippen molar-refractivity contribution in [2.75, 3.05) is 12.3 Å². The summed E-state index contributed by atoms with van der Waals surface area (Å²) in [5.74, 6) is 0.200. The van der Waals surface area contributed by atoms with Crippen molar-refractivity contribution in [3.8, 4) is 0 Å². The van der Waals surface area contributed by atoms with Crippen LogP contribution in [0.4, 0.5) is 5.69 Å². The Bertz CT molecular complexity index is 1240. The summed E-state index contributed by atoms with van der Waals surface area (Å²) in [4.78, 5) is 7.28. The molecule has 40 heavy (non-hydrogen) atoms. The first-order valence-corrected chi connectivity index (χ1v) is 15.6.